The Balaban J connectivity index is 2.32. The van der Waals surface area contributed by atoms with Crippen LogP contribution in [-0.4, -0.2) is 26.5 Å². The second kappa shape index (κ2) is 5.34. The molecule has 0 saturated carbocycles. The average molecular weight is 229 g/mol. The molecule has 0 unspecified atom stereocenters. The van der Waals surface area contributed by atoms with Crippen molar-refractivity contribution in [1.29, 1.82) is 0 Å². The lowest BCUT2D eigenvalue weighted by atomic mass is 10.3. The van der Waals surface area contributed by atoms with Gasteiger partial charge in [-0.2, -0.15) is 0 Å². The maximum absolute atomic E-state index is 4.43. The largest absolute Gasteiger partial charge is 0.370 e. The van der Waals surface area contributed by atoms with Gasteiger partial charge in [0.05, 0.1) is 0 Å². The number of nitrogens with zero attached hydrogens (tertiary/aromatic N) is 4. The van der Waals surface area contributed by atoms with Gasteiger partial charge in [0.25, 0.3) is 0 Å². The molecular formula is C12H15N5. The zero-order chi connectivity index (χ0) is 12.1. The maximum atomic E-state index is 4.43. The SMILES string of the molecule is CCCNc1cc(C)nc(-c2ccncn2)n1. The molecule has 0 aliphatic rings. The fourth-order valence-corrected chi connectivity index (χ4v) is 1.45. The van der Waals surface area contributed by atoms with E-state index >= 15 is 0 Å². The standard InChI is InChI=1S/C12H15N5/c1-3-5-14-11-7-9(2)16-12(17-11)10-4-6-13-8-15-10/h4,6-8H,3,5H2,1-2H3,(H,14,16,17). The number of anilines is 1. The van der Waals surface area contributed by atoms with Crippen molar-refractivity contribution in [3.05, 3.63) is 30.4 Å². The summed E-state index contributed by atoms with van der Waals surface area (Å²) in [5.74, 6) is 1.47. The molecule has 17 heavy (non-hydrogen) atoms. The molecule has 2 aromatic rings. The Kier molecular flexibility index (Phi) is 3.59. The van der Waals surface area contributed by atoms with Gasteiger partial charge >= 0.3 is 0 Å². The summed E-state index contributed by atoms with van der Waals surface area (Å²) in [6.07, 6.45) is 4.25. The number of aryl methyl sites for hydroxylation is 1. The molecule has 1 N–H and O–H groups in total. The van der Waals surface area contributed by atoms with Crippen LogP contribution in [0, 0.1) is 6.92 Å². The van der Waals surface area contributed by atoms with E-state index in [1.165, 1.54) is 6.33 Å². The first-order valence-corrected chi connectivity index (χ1v) is 5.65. The Labute approximate surface area is 100 Å². The smallest absolute Gasteiger partial charge is 0.180 e. The minimum Gasteiger partial charge on any atom is -0.370 e. The maximum Gasteiger partial charge on any atom is 0.180 e. The molecule has 0 amide bonds. The quantitative estimate of drug-likeness (QED) is 0.869. The van der Waals surface area contributed by atoms with Crippen molar-refractivity contribution in [1.82, 2.24) is 19.9 Å². The van der Waals surface area contributed by atoms with Gasteiger partial charge in [-0.1, -0.05) is 6.92 Å². The van der Waals surface area contributed by atoms with Crippen LogP contribution >= 0.6 is 0 Å². The van der Waals surface area contributed by atoms with Crippen molar-refractivity contribution in [3.63, 3.8) is 0 Å². The van der Waals surface area contributed by atoms with Crippen LogP contribution in [0.4, 0.5) is 5.82 Å². The first kappa shape index (κ1) is 11.4. The summed E-state index contributed by atoms with van der Waals surface area (Å²) in [4.78, 5) is 16.8. The van der Waals surface area contributed by atoms with Crippen LogP contribution in [0.5, 0.6) is 0 Å². The molecule has 0 fully saturated rings. The van der Waals surface area contributed by atoms with Crippen LogP contribution in [0.1, 0.15) is 19.0 Å². The van der Waals surface area contributed by atoms with Gasteiger partial charge in [-0.05, 0) is 19.4 Å². The van der Waals surface area contributed by atoms with Crippen molar-refractivity contribution in [2.75, 3.05) is 11.9 Å². The highest BCUT2D eigenvalue weighted by atomic mass is 15.0. The summed E-state index contributed by atoms with van der Waals surface area (Å²) in [5, 5.41) is 3.25. The third kappa shape index (κ3) is 2.96. The van der Waals surface area contributed by atoms with Gasteiger partial charge in [-0.15, -0.1) is 0 Å². The lowest BCUT2D eigenvalue weighted by Gasteiger charge is -2.06. The van der Waals surface area contributed by atoms with E-state index in [4.69, 9.17) is 0 Å². The topological polar surface area (TPSA) is 63.6 Å². The molecule has 2 rings (SSSR count). The summed E-state index contributed by atoms with van der Waals surface area (Å²) in [7, 11) is 0. The first-order chi connectivity index (χ1) is 8.29. The zero-order valence-corrected chi connectivity index (χ0v) is 10.0. The van der Waals surface area contributed by atoms with E-state index < -0.39 is 0 Å². The van der Waals surface area contributed by atoms with Crippen molar-refractivity contribution in [3.8, 4) is 11.5 Å². The van der Waals surface area contributed by atoms with Gasteiger partial charge in [0.15, 0.2) is 5.82 Å². The first-order valence-electron chi connectivity index (χ1n) is 5.65. The molecule has 0 aromatic carbocycles. The molecule has 5 heteroatoms. The van der Waals surface area contributed by atoms with Crippen molar-refractivity contribution in [2.24, 2.45) is 0 Å². The molecule has 0 saturated heterocycles. The lowest BCUT2D eigenvalue weighted by Crippen LogP contribution is -2.04. The molecule has 0 aliphatic carbocycles. The molecule has 0 atom stereocenters. The summed E-state index contributed by atoms with van der Waals surface area (Å²) in [5.41, 5.74) is 1.66. The second-order valence-electron chi connectivity index (χ2n) is 3.74. The van der Waals surface area contributed by atoms with Gasteiger partial charge in [-0.3, -0.25) is 0 Å². The molecule has 0 radical (unpaired) electrons. The van der Waals surface area contributed by atoms with E-state index in [1.807, 2.05) is 13.0 Å². The van der Waals surface area contributed by atoms with E-state index in [9.17, 15) is 0 Å². The van der Waals surface area contributed by atoms with Gasteiger partial charge in [0.2, 0.25) is 0 Å². The molecule has 0 bridgehead atoms. The Morgan fingerprint density at radius 3 is 2.88 bits per heavy atom. The molecule has 0 spiro atoms. The van der Waals surface area contributed by atoms with Crippen LogP contribution in [0.15, 0.2) is 24.7 Å². The summed E-state index contributed by atoms with van der Waals surface area (Å²) in [6.45, 7) is 4.97. The van der Waals surface area contributed by atoms with Crippen molar-refractivity contribution >= 4 is 5.82 Å². The monoisotopic (exact) mass is 229 g/mol. The van der Waals surface area contributed by atoms with E-state index in [-0.39, 0.29) is 0 Å². The predicted octanol–water partition coefficient (Wildman–Crippen LogP) is 2.06. The number of nitrogens with one attached hydrogen (secondary N) is 1. The second-order valence-corrected chi connectivity index (χ2v) is 3.74. The summed E-state index contributed by atoms with van der Waals surface area (Å²) >= 11 is 0. The number of hydrogen-bond donors (Lipinski definition) is 1. The number of rotatable bonds is 4. The molecule has 5 nitrogen and oxygen atoms in total. The molecule has 0 aliphatic heterocycles. The van der Waals surface area contributed by atoms with Crippen LogP contribution in [0.3, 0.4) is 0 Å². The highest BCUT2D eigenvalue weighted by molar-refractivity contribution is 5.52. The molecule has 2 aromatic heterocycles. The van der Waals surface area contributed by atoms with Crippen molar-refractivity contribution < 1.29 is 0 Å². The third-order valence-corrected chi connectivity index (χ3v) is 2.22. The van der Waals surface area contributed by atoms with E-state index in [2.05, 4.69) is 32.2 Å². The third-order valence-electron chi connectivity index (χ3n) is 2.22. The fraction of sp³-hybridized carbons (Fsp3) is 0.333. The van der Waals surface area contributed by atoms with Gasteiger partial charge in [0, 0.05) is 24.5 Å². The normalized spacial score (nSPS) is 10.2. The summed E-state index contributed by atoms with van der Waals surface area (Å²) in [6, 6.07) is 3.73. The summed E-state index contributed by atoms with van der Waals surface area (Å²) < 4.78 is 0. The number of aromatic nitrogens is 4. The Hall–Kier alpha value is -2.04. The number of hydrogen-bond acceptors (Lipinski definition) is 5. The van der Waals surface area contributed by atoms with E-state index in [1.54, 1.807) is 12.3 Å². The fourth-order valence-electron chi connectivity index (χ4n) is 1.45. The van der Waals surface area contributed by atoms with E-state index in [0.717, 1.165) is 30.2 Å². The lowest BCUT2D eigenvalue weighted by molar-refractivity contribution is 0.960. The van der Waals surface area contributed by atoms with Gasteiger partial charge in [0.1, 0.15) is 17.8 Å². The van der Waals surface area contributed by atoms with Crippen molar-refractivity contribution in [2.45, 2.75) is 20.3 Å². The zero-order valence-electron chi connectivity index (χ0n) is 10.0. The highest BCUT2D eigenvalue weighted by Gasteiger charge is 2.05. The molecular weight excluding hydrogens is 214 g/mol. The predicted molar refractivity (Wildman–Crippen MR) is 66.6 cm³/mol. The van der Waals surface area contributed by atoms with Crippen LogP contribution < -0.4 is 5.32 Å². The Morgan fingerprint density at radius 2 is 2.18 bits per heavy atom. The Bertz CT molecular complexity index is 484. The van der Waals surface area contributed by atoms with Crippen LogP contribution in [0.2, 0.25) is 0 Å². The minimum atomic E-state index is 0.631. The van der Waals surface area contributed by atoms with Gasteiger partial charge in [-0.25, -0.2) is 19.9 Å². The minimum absolute atomic E-state index is 0.631. The molecule has 2 heterocycles. The average Bonchev–Trinajstić information content (AvgIpc) is 2.37. The van der Waals surface area contributed by atoms with E-state index in [0.29, 0.717) is 5.82 Å². The Morgan fingerprint density at radius 1 is 1.29 bits per heavy atom. The van der Waals surface area contributed by atoms with Crippen LogP contribution in [-0.2, 0) is 0 Å². The van der Waals surface area contributed by atoms with Gasteiger partial charge < -0.3 is 5.32 Å². The highest BCUT2D eigenvalue weighted by Crippen LogP contribution is 2.14. The molecule has 88 valence electrons. The van der Waals surface area contributed by atoms with Crippen LogP contribution in [0.25, 0.3) is 11.5 Å².